The monoisotopic (exact) mass is 325 g/mol. The molecule has 24 heavy (non-hydrogen) atoms. The molecule has 1 aliphatic carbocycles. The normalized spacial score (nSPS) is 14.7. The van der Waals surface area contributed by atoms with E-state index in [0.29, 0.717) is 6.42 Å². The second kappa shape index (κ2) is 7.25. The lowest BCUT2D eigenvalue weighted by atomic mass is 9.97. The maximum Gasteiger partial charge on any atom is 0.224 e. The van der Waals surface area contributed by atoms with Crippen molar-refractivity contribution in [2.24, 2.45) is 0 Å². The van der Waals surface area contributed by atoms with Crippen LogP contribution in [-0.4, -0.2) is 12.5 Å². The van der Waals surface area contributed by atoms with Crippen molar-refractivity contribution in [3.8, 4) is 0 Å². The van der Waals surface area contributed by atoms with Crippen molar-refractivity contribution in [3.63, 3.8) is 0 Å². The first-order chi connectivity index (χ1) is 11.6. The summed E-state index contributed by atoms with van der Waals surface area (Å²) >= 11 is 0. The van der Waals surface area contributed by atoms with Crippen LogP contribution in [0.5, 0.6) is 0 Å². The number of hydrogen-bond donors (Lipinski definition) is 1. The van der Waals surface area contributed by atoms with Gasteiger partial charge >= 0.3 is 0 Å². The number of nitrogens with one attached hydrogen (secondary N) is 1. The number of carbonyl (C=O) groups excluding carboxylic acids is 1. The second-order valence-corrected chi connectivity index (χ2v) is 6.99. The summed E-state index contributed by atoms with van der Waals surface area (Å²) < 4.78 is 5.75. The number of fused-ring (bicyclic) bond motifs is 1. The third kappa shape index (κ3) is 3.55. The third-order valence-corrected chi connectivity index (χ3v) is 5.13. The van der Waals surface area contributed by atoms with Gasteiger partial charge in [-0.2, -0.15) is 0 Å². The summed E-state index contributed by atoms with van der Waals surface area (Å²) in [5.74, 6) is 0.0757. The number of amides is 1. The molecule has 0 bridgehead atoms. The van der Waals surface area contributed by atoms with Crippen LogP contribution in [0.15, 0.2) is 28.4 Å². The average Bonchev–Trinajstić information content (AvgIpc) is 2.98. The Morgan fingerprint density at radius 1 is 1.21 bits per heavy atom. The van der Waals surface area contributed by atoms with Gasteiger partial charge in [-0.05, 0) is 69.6 Å². The van der Waals surface area contributed by atoms with Crippen molar-refractivity contribution in [1.82, 2.24) is 5.32 Å². The minimum Gasteiger partial charge on any atom is -0.464 e. The highest BCUT2D eigenvalue weighted by Crippen LogP contribution is 2.30. The Kier molecular flexibility index (Phi) is 5.08. The fraction of sp³-hybridized carbons (Fsp3) is 0.476. The van der Waals surface area contributed by atoms with E-state index >= 15 is 0 Å². The summed E-state index contributed by atoms with van der Waals surface area (Å²) in [4.78, 5) is 12.3. The Labute approximate surface area is 144 Å². The number of rotatable bonds is 5. The van der Waals surface area contributed by atoms with Crippen molar-refractivity contribution >= 4 is 16.9 Å². The number of benzene rings is 1. The van der Waals surface area contributed by atoms with Crippen LogP contribution in [0.3, 0.4) is 0 Å². The van der Waals surface area contributed by atoms with E-state index in [1.54, 1.807) is 6.26 Å². The van der Waals surface area contributed by atoms with E-state index in [2.05, 4.69) is 38.2 Å². The van der Waals surface area contributed by atoms with Gasteiger partial charge in [0, 0.05) is 17.5 Å². The summed E-state index contributed by atoms with van der Waals surface area (Å²) in [5.41, 5.74) is 6.97. The topological polar surface area (TPSA) is 42.2 Å². The van der Waals surface area contributed by atoms with E-state index in [4.69, 9.17) is 4.42 Å². The molecule has 0 unspecified atom stereocenters. The minimum atomic E-state index is 0.0757. The Morgan fingerprint density at radius 2 is 2.04 bits per heavy atom. The number of allylic oxidation sites excluding steroid dienone is 1. The van der Waals surface area contributed by atoms with Crippen LogP contribution in [0, 0.1) is 20.8 Å². The quantitative estimate of drug-likeness (QED) is 0.794. The van der Waals surface area contributed by atoms with Gasteiger partial charge in [0.25, 0.3) is 0 Å². The van der Waals surface area contributed by atoms with Crippen molar-refractivity contribution in [1.29, 1.82) is 0 Å². The highest BCUT2D eigenvalue weighted by molar-refractivity contribution is 5.91. The maximum atomic E-state index is 12.3. The van der Waals surface area contributed by atoms with E-state index < -0.39 is 0 Å². The van der Waals surface area contributed by atoms with Crippen molar-refractivity contribution in [2.75, 3.05) is 6.54 Å². The number of carbonyl (C=O) groups is 1. The van der Waals surface area contributed by atoms with Crippen LogP contribution in [0.4, 0.5) is 0 Å². The molecule has 1 amide bonds. The lowest BCUT2D eigenvalue weighted by molar-refractivity contribution is -0.120. The van der Waals surface area contributed by atoms with E-state index in [1.165, 1.54) is 42.4 Å². The molecule has 3 rings (SSSR count). The van der Waals surface area contributed by atoms with Crippen molar-refractivity contribution in [3.05, 3.63) is 46.2 Å². The van der Waals surface area contributed by atoms with Gasteiger partial charge in [-0.25, -0.2) is 0 Å². The number of hydrogen-bond acceptors (Lipinski definition) is 2. The Morgan fingerprint density at radius 3 is 2.79 bits per heavy atom. The summed E-state index contributed by atoms with van der Waals surface area (Å²) in [5, 5.41) is 4.16. The summed E-state index contributed by atoms with van der Waals surface area (Å²) in [6.45, 7) is 6.98. The number of furan rings is 1. The molecule has 1 heterocycles. The van der Waals surface area contributed by atoms with E-state index in [-0.39, 0.29) is 5.91 Å². The first-order valence-electron chi connectivity index (χ1n) is 8.97. The van der Waals surface area contributed by atoms with Crippen molar-refractivity contribution in [2.45, 2.75) is 59.3 Å². The SMILES string of the molecule is Cc1cc(C)c2c(CC(=O)NCCC3=CCCCC3)coc2c1C. The lowest BCUT2D eigenvalue weighted by Crippen LogP contribution is -2.26. The highest BCUT2D eigenvalue weighted by Gasteiger charge is 2.15. The predicted molar refractivity (Wildman–Crippen MR) is 98.3 cm³/mol. The van der Waals surface area contributed by atoms with Crippen LogP contribution < -0.4 is 5.32 Å². The first kappa shape index (κ1) is 16.8. The van der Waals surface area contributed by atoms with Gasteiger partial charge in [0.05, 0.1) is 12.7 Å². The zero-order valence-corrected chi connectivity index (χ0v) is 15.0. The number of aryl methyl sites for hydroxylation is 3. The second-order valence-electron chi connectivity index (χ2n) is 6.99. The Hall–Kier alpha value is -2.03. The van der Waals surface area contributed by atoms with Crippen LogP contribution in [0.1, 0.15) is 54.4 Å². The van der Waals surface area contributed by atoms with E-state index in [1.807, 2.05) is 0 Å². The molecular weight excluding hydrogens is 298 g/mol. The van der Waals surface area contributed by atoms with E-state index in [9.17, 15) is 4.79 Å². The molecule has 0 radical (unpaired) electrons. The molecule has 1 N–H and O–H groups in total. The first-order valence-corrected chi connectivity index (χ1v) is 8.97. The van der Waals surface area contributed by atoms with Gasteiger partial charge in [0.1, 0.15) is 5.58 Å². The standard InChI is InChI=1S/C21H27NO2/c1-14-11-15(2)20-18(13-24-21(20)16(14)3)12-19(23)22-10-9-17-7-5-4-6-8-17/h7,11,13H,4-6,8-10,12H2,1-3H3,(H,22,23). The molecule has 1 aliphatic rings. The molecule has 2 aromatic rings. The molecule has 3 nitrogen and oxygen atoms in total. The summed E-state index contributed by atoms with van der Waals surface area (Å²) in [7, 11) is 0. The van der Waals surface area contributed by atoms with Gasteiger partial charge in [0.2, 0.25) is 5.91 Å². The van der Waals surface area contributed by atoms with Gasteiger partial charge in [-0.1, -0.05) is 17.7 Å². The van der Waals surface area contributed by atoms with Crippen LogP contribution in [-0.2, 0) is 11.2 Å². The molecule has 0 saturated carbocycles. The Bertz CT molecular complexity index is 783. The zero-order valence-electron chi connectivity index (χ0n) is 15.0. The fourth-order valence-corrected chi connectivity index (χ4v) is 3.65. The van der Waals surface area contributed by atoms with Gasteiger partial charge < -0.3 is 9.73 Å². The average molecular weight is 325 g/mol. The summed E-state index contributed by atoms with van der Waals surface area (Å²) in [6, 6.07) is 2.17. The molecule has 0 saturated heterocycles. The van der Waals surface area contributed by atoms with Crippen molar-refractivity contribution < 1.29 is 9.21 Å². The predicted octanol–water partition coefficient (Wildman–Crippen LogP) is 4.91. The highest BCUT2D eigenvalue weighted by atomic mass is 16.3. The van der Waals surface area contributed by atoms with Crippen LogP contribution in [0.25, 0.3) is 11.0 Å². The molecular formula is C21H27NO2. The zero-order chi connectivity index (χ0) is 17.1. The maximum absolute atomic E-state index is 12.3. The third-order valence-electron chi connectivity index (χ3n) is 5.13. The molecule has 128 valence electrons. The molecule has 1 aromatic carbocycles. The van der Waals surface area contributed by atoms with E-state index in [0.717, 1.165) is 35.1 Å². The lowest BCUT2D eigenvalue weighted by Gasteiger charge is -2.13. The Balaban J connectivity index is 1.63. The fourth-order valence-electron chi connectivity index (χ4n) is 3.65. The molecule has 0 spiro atoms. The molecule has 0 fully saturated rings. The molecule has 1 aromatic heterocycles. The van der Waals surface area contributed by atoms with Gasteiger partial charge in [0.15, 0.2) is 0 Å². The smallest absolute Gasteiger partial charge is 0.224 e. The van der Waals surface area contributed by atoms with Crippen LogP contribution >= 0.6 is 0 Å². The minimum absolute atomic E-state index is 0.0757. The molecule has 0 aliphatic heterocycles. The van der Waals surface area contributed by atoms with Gasteiger partial charge in [-0.3, -0.25) is 4.79 Å². The largest absolute Gasteiger partial charge is 0.464 e. The molecule has 0 atom stereocenters. The van der Waals surface area contributed by atoms with Gasteiger partial charge in [-0.15, -0.1) is 0 Å². The van der Waals surface area contributed by atoms with Crippen LogP contribution in [0.2, 0.25) is 0 Å². The summed E-state index contributed by atoms with van der Waals surface area (Å²) in [6.07, 6.45) is 10.4. The molecule has 3 heteroatoms.